The van der Waals surface area contributed by atoms with Crippen LogP contribution in [0.25, 0.3) is 0 Å². The summed E-state index contributed by atoms with van der Waals surface area (Å²) < 4.78 is 4.90. The number of ether oxygens (including phenoxy) is 1. The lowest BCUT2D eigenvalue weighted by Crippen LogP contribution is -2.08. The van der Waals surface area contributed by atoms with E-state index in [2.05, 4.69) is 6.58 Å². The molecule has 0 saturated carbocycles. The second-order valence-corrected chi connectivity index (χ2v) is 3.59. The van der Waals surface area contributed by atoms with Crippen molar-refractivity contribution in [2.75, 3.05) is 6.61 Å². The number of nitro benzene ring substituents is 1. The third kappa shape index (κ3) is 4.06. The van der Waals surface area contributed by atoms with Crippen molar-refractivity contribution in [3.63, 3.8) is 0 Å². The van der Waals surface area contributed by atoms with E-state index in [1.807, 2.05) is 0 Å². The maximum absolute atomic E-state index is 11.1. The van der Waals surface area contributed by atoms with E-state index in [0.717, 1.165) is 5.56 Å². The Morgan fingerprint density at radius 3 is 2.82 bits per heavy atom. The molecule has 0 aromatic heterocycles. The van der Waals surface area contributed by atoms with Crippen LogP contribution in [0, 0.1) is 10.1 Å². The monoisotopic (exact) mass is 235 g/mol. The van der Waals surface area contributed by atoms with E-state index in [1.165, 1.54) is 12.1 Å². The van der Waals surface area contributed by atoms with Gasteiger partial charge in [0.2, 0.25) is 0 Å². The van der Waals surface area contributed by atoms with Gasteiger partial charge in [-0.3, -0.25) is 10.1 Å². The molecule has 0 aliphatic rings. The zero-order chi connectivity index (χ0) is 12.8. The second-order valence-electron chi connectivity index (χ2n) is 3.59. The summed E-state index contributed by atoms with van der Waals surface area (Å²) in [5.74, 6) is -0.449. The number of nitrogens with zero attached hydrogens (tertiary/aromatic N) is 1. The Hall–Kier alpha value is -2.17. The lowest BCUT2D eigenvalue weighted by molar-refractivity contribution is -0.384. The lowest BCUT2D eigenvalue weighted by atomic mass is 10.1. The van der Waals surface area contributed by atoms with E-state index in [1.54, 1.807) is 19.1 Å². The molecule has 5 nitrogen and oxygen atoms in total. The number of nitro groups is 1. The maximum atomic E-state index is 11.1. The summed E-state index contributed by atoms with van der Waals surface area (Å²) in [5.41, 5.74) is 1.13. The number of hydrogen-bond donors (Lipinski definition) is 0. The van der Waals surface area contributed by atoms with Gasteiger partial charge < -0.3 is 4.74 Å². The van der Waals surface area contributed by atoms with Crippen LogP contribution in [-0.2, 0) is 16.0 Å². The number of carbonyl (C=O) groups excluding carboxylic acids is 1. The fraction of sp³-hybridized carbons (Fsp3) is 0.250. The quantitative estimate of drug-likeness (QED) is 0.339. The van der Waals surface area contributed by atoms with Crippen LogP contribution in [0.1, 0.15) is 12.5 Å². The summed E-state index contributed by atoms with van der Waals surface area (Å²) in [4.78, 5) is 21.2. The molecule has 0 unspecified atom stereocenters. The number of non-ortho nitro benzene ring substituents is 1. The molecule has 0 atom stereocenters. The minimum absolute atomic E-state index is 0.0359. The standard InChI is InChI=1S/C12H13NO4/c1-9(2)12(14)17-7-6-10-4-3-5-11(8-10)13(15)16/h3-5,8H,1,6-7H2,2H3. The Labute approximate surface area is 98.9 Å². The number of rotatable bonds is 5. The third-order valence-corrected chi connectivity index (χ3v) is 2.09. The molecule has 1 aromatic carbocycles. The van der Waals surface area contributed by atoms with E-state index >= 15 is 0 Å². The van der Waals surface area contributed by atoms with Gasteiger partial charge in [0, 0.05) is 24.1 Å². The number of hydrogen-bond acceptors (Lipinski definition) is 4. The Morgan fingerprint density at radius 1 is 1.53 bits per heavy atom. The second kappa shape index (κ2) is 5.79. The Bertz CT molecular complexity index is 454. The number of benzene rings is 1. The predicted octanol–water partition coefficient (Wildman–Crippen LogP) is 2.26. The smallest absolute Gasteiger partial charge is 0.333 e. The molecule has 0 fully saturated rings. The Kier molecular flexibility index (Phi) is 4.39. The summed E-state index contributed by atoms with van der Waals surface area (Å²) in [5, 5.41) is 10.5. The van der Waals surface area contributed by atoms with Gasteiger partial charge in [-0.05, 0) is 12.5 Å². The molecular formula is C12H13NO4. The highest BCUT2D eigenvalue weighted by atomic mass is 16.6. The average Bonchev–Trinajstić information content (AvgIpc) is 2.29. The van der Waals surface area contributed by atoms with Gasteiger partial charge in [0.05, 0.1) is 11.5 Å². The number of esters is 1. The SMILES string of the molecule is C=C(C)C(=O)OCCc1cccc([N+](=O)[O-])c1. The van der Waals surface area contributed by atoms with Crippen LogP contribution >= 0.6 is 0 Å². The Morgan fingerprint density at radius 2 is 2.24 bits per heavy atom. The van der Waals surface area contributed by atoms with E-state index in [-0.39, 0.29) is 12.3 Å². The van der Waals surface area contributed by atoms with Crippen LogP contribution in [0.3, 0.4) is 0 Å². The van der Waals surface area contributed by atoms with Gasteiger partial charge >= 0.3 is 5.97 Å². The van der Waals surface area contributed by atoms with Crippen molar-refractivity contribution < 1.29 is 14.5 Å². The normalized spacial score (nSPS) is 9.71. The lowest BCUT2D eigenvalue weighted by Gasteiger charge is -2.04. The summed E-state index contributed by atoms with van der Waals surface area (Å²) in [7, 11) is 0. The topological polar surface area (TPSA) is 69.4 Å². The molecular weight excluding hydrogens is 222 g/mol. The largest absolute Gasteiger partial charge is 0.462 e. The van der Waals surface area contributed by atoms with Crippen LogP contribution in [0.2, 0.25) is 0 Å². The van der Waals surface area contributed by atoms with Gasteiger partial charge in [-0.1, -0.05) is 18.7 Å². The van der Waals surface area contributed by atoms with Crippen molar-refractivity contribution in [3.8, 4) is 0 Å². The van der Waals surface area contributed by atoms with E-state index in [9.17, 15) is 14.9 Å². The first-order chi connectivity index (χ1) is 8.00. The molecule has 0 aliphatic carbocycles. The summed E-state index contributed by atoms with van der Waals surface area (Å²) >= 11 is 0. The van der Waals surface area contributed by atoms with E-state index < -0.39 is 10.9 Å². The molecule has 1 rings (SSSR count). The van der Waals surface area contributed by atoms with Crippen LogP contribution < -0.4 is 0 Å². The van der Waals surface area contributed by atoms with Crippen molar-refractivity contribution >= 4 is 11.7 Å². The first kappa shape index (κ1) is 12.9. The van der Waals surface area contributed by atoms with Crippen LogP contribution in [-0.4, -0.2) is 17.5 Å². The van der Waals surface area contributed by atoms with Gasteiger partial charge in [-0.2, -0.15) is 0 Å². The van der Waals surface area contributed by atoms with E-state index in [4.69, 9.17) is 4.74 Å². The summed E-state index contributed by atoms with van der Waals surface area (Å²) in [6.45, 7) is 5.21. The predicted molar refractivity (Wildman–Crippen MR) is 62.6 cm³/mol. The van der Waals surface area contributed by atoms with Crippen LogP contribution in [0.4, 0.5) is 5.69 Å². The van der Waals surface area contributed by atoms with Crippen molar-refractivity contribution in [1.82, 2.24) is 0 Å². The summed E-state index contributed by atoms with van der Waals surface area (Å²) in [6.07, 6.45) is 0.445. The zero-order valence-electron chi connectivity index (χ0n) is 9.51. The third-order valence-electron chi connectivity index (χ3n) is 2.09. The maximum Gasteiger partial charge on any atom is 0.333 e. The fourth-order valence-corrected chi connectivity index (χ4v) is 1.21. The minimum Gasteiger partial charge on any atom is -0.462 e. The summed E-state index contributed by atoms with van der Waals surface area (Å²) in [6, 6.07) is 6.24. The van der Waals surface area contributed by atoms with Crippen LogP contribution in [0.15, 0.2) is 36.4 Å². The van der Waals surface area contributed by atoms with Crippen molar-refractivity contribution in [3.05, 3.63) is 52.1 Å². The van der Waals surface area contributed by atoms with Gasteiger partial charge in [0.1, 0.15) is 0 Å². The van der Waals surface area contributed by atoms with Crippen molar-refractivity contribution in [2.24, 2.45) is 0 Å². The highest BCUT2D eigenvalue weighted by Crippen LogP contribution is 2.13. The highest BCUT2D eigenvalue weighted by Gasteiger charge is 2.07. The average molecular weight is 235 g/mol. The van der Waals surface area contributed by atoms with Gasteiger partial charge in [0.25, 0.3) is 5.69 Å². The van der Waals surface area contributed by atoms with Gasteiger partial charge in [-0.15, -0.1) is 0 Å². The van der Waals surface area contributed by atoms with E-state index in [0.29, 0.717) is 12.0 Å². The molecule has 5 heteroatoms. The molecule has 90 valence electrons. The van der Waals surface area contributed by atoms with Gasteiger partial charge in [-0.25, -0.2) is 4.79 Å². The minimum atomic E-state index is -0.455. The molecule has 0 aliphatic heterocycles. The fourth-order valence-electron chi connectivity index (χ4n) is 1.21. The van der Waals surface area contributed by atoms with Crippen molar-refractivity contribution in [1.29, 1.82) is 0 Å². The molecule has 0 heterocycles. The molecule has 17 heavy (non-hydrogen) atoms. The molecule has 1 aromatic rings. The molecule has 0 amide bonds. The number of carbonyl (C=O) groups is 1. The highest BCUT2D eigenvalue weighted by molar-refractivity contribution is 5.86. The molecule has 0 spiro atoms. The molecule has 0 N–H and O–H groups in total. The zero-order valence-corrected chi connectivity index (χ0v) is 9.51. The first-order valence-electron chi connectivity index (χ1n) is 5.06. The van der Waals surface area contributed by atoms with Crippen LogP contribution in [0.5, 0.6) is 0 Å². The molecule has 0 saturated heterocycles. The molecule has 0 radical (unpaired) electrons. The Balaban J connectivity index is 2.52. The van der Waals surface area contributed by atoms with Gasteiger partial charge in [0.15, 0.2) is 0 Å². The van der Waals surface area contributed by atoms with Crippen molar-refractivity contribution in [2.45, 2.75) is 13.3 Å². The molecule has 0 bridgehead atoms. The first-order valence-corrected chi connectivity index (χ1v) is 5.06.